The number of phosphoric acid groups is 1. The van der Waals surface area contributed by atoms with Crippen molar-refractivity contribution in [1.82, 2.24) is 0 Å². The Kier molecular flexibility index (Phi) is 10.8. The van der Waals surface area contributed by atoms with Crippen molar-refractivity contribution in [3.8, 4) is 5.75 Å². The van der Waals surface area contributed by atoms with Crippen LogP contribution < -0.4 is 10.5 Å². The van der Waals surface area contributed by atoms with Crippen molar-refractivity contribution in [1.29, 1.82) is 0 Å². The molecular formula is C26H32NO11P. The smallest absolute Gasteiger partial charge is 0.461 e. The van der Waals surface area contributed by atoms with Crippen molar-refractivity contribution in [2.24, 2.45) is 5.73 Å². The normalized spacial score (nSPS) is 23.6. The standard InChI is InChI=1S/C26H32NO11P/c1-3-16(2)24(29)37-23-22(38-39(31,32)33)21(28)20(15-34-25(30)18-7-5-4-6-8-18)36-26(23)35-19-11-9-17(10-12-19)13-14-27/h3-12,20-23,26,28H,13-15,27H2,1-2H3,(H2,31,32,33)/b16-3+. The summed E-state index contributed by atoms with van der Waals surface area (Å²) >= 11 is 0. The largest absolute Gasteiger partial charge is 0.470 e. The first-order valence-electron chi connectivity index (χ1n) is 12.1. The number of carbonyl (C=O) groups is 2. The Balaban J connectivity index is 1.90. The molecule has 1 heterocycles. The van der Waals surface area contributed by atoms with Crippen LogP contribution in [0.2, 0.25) is 0 Å². The summed E-state index contributed by atoms with van der Waals surface area (Å²) in [6, 6.07) is 14.8. The molecule has 0 aromatic heterocycles. The Labute approximate surface area is 225 Å². The van der Waals surface area contributed by atoms with Gasteiger partial charge in [0.1, 0.15) is 30.7 Å². The third kappa shape index (κ3) is 8.70. The van der Waals surface area contributed by atoms with Gasteiger partial charge in [-0.2, -0.15) is 0 Å². The molecule has 1 fully saturated rings. The molecule has 0 aliphatic carbocycles. The second kappa shape index (κ2) is 13.8. The summed E-state index contributed by atoms with van der Waals surface area (Å²) in [5.74, 6) is -1.31. The minimum absolute atomic E-state index is 0.184. The molecule has 212 valence electrons. The molecule has 13 heteroatoms. The van der Waals surface area contributed by atoms with E-state index in [2.05, 4.69) is 0 Å². The Morgan fingerprint density at radius 2 is 1.74 bits per heavy atom. The molecule has 1 aliphatic rings. The van der Waals surface area contributed by atoms with Crippen LogP contribution in [-0.2, 0) is 34.5 Å². The maximum atomic E-state index is 12.6. The number of aliphatic hydroxyl groups is 1. The molecule has 1 saturated heterocycles. The quantitative estimate of drug-likeness (QED) is 0.176. The molecule has 1 aliphatic heterocycles. The average Bonchev–Trinajstić information content (AvgIpc) is 2.91. The highest BCUT2D eigenvalue weighted by molar-refractivity contribution is 7.46. The molecule has 5 atom stereocenters. The number of nitrogens with two attached hydrogens (primary N) is 1. The highest BCUT2D eigenvalue weighted by atomic mass is 31.2. The fourth-order valence-electron chi connectivity index (χ4n) is 3.71. The topological polar surface area (TPSA) is 184 Å². The van der Waals surface area contributed by atoms with Gasteiger partial charge in [-0.25, -0.2) is 14.2 Å². The van der Waals surface area contributed by atoms with Crippen LogP contribution in [0.25, 0.3) is 0 Å². The van der Waals surface area contributed by atoms with Crippen LogP contribution >= 0.6 is 7.82 Å². The van der Waals surface area contributed by atoms with Gasteiger partial charge in [0, 0.05) is 5.57 Å². The zero-order valence-corrected chi connectivity index (χ0v) is 22.3. The Morgan fingerprint density at radius 3 is 2.33 bits per heavy atom. The molecule has 5 N–H and O–H groups in total. The number of benzene rings is 2. The van der Waals surface area contributed by atoms with Gasteiger partial charge in [0.25, 0.3) is 0 Å². The van der Waals surface area contributed by atoms with Gasteiger partial charge in [-0.1, -0.05) is 36.4 Å². The Hall–Kier alpha value is -3.09. The van der Waals surface area contributed by atoms with Crippen LogP contribution in [-0.4, -0.2) is 70.7 Å². The van der Waals surface area contributed by atoms with Gasteiger partial charge in [0.05, 0.1) is 5.56 Å². The molecule has 39 heavy (non-hydrogen) atoms. The van der Waals surface area contributed by atoms with Crippen LogP contribution in [0.15, 0.2) is 66.2 Å². The first-order chi connectivity index (χ1) is 18.5. The van der Waals surface area contributed by atoms with Gasteiger partial charge in [-0.3, -0.25) is 4.52 Å². The summed E-state index contributed by atoms with van der Waals surface area (Å²) in [4.78, 5) is 44.2. The molecule has 2 aromatic carbocycles. The van der Waals surface area contributed by atoms with Gasteiger partial charge >= 0.3 is 19.8 Å². The lowest BCUT2D eigenvalue weighted by Gasteiger charge is -2.43. The fourth-order valence-corrected chi connectivity index (χ4v) is 4.27. The van der Waals surface area contributed by atoms with E-state index >= 15 is 0 Å². The number of esters is 2. The van der Waals surface area contributed by atoms with E-state index in [0.29, 0.717) is 13.0 Å². The first kappa shape index (κ1) is 30.5. The van der Waals surface area contributed by atoms with Crippen molar-refractivity contribution in [2.75, 3.05) is 13.2 Å². The van der Waals surface area contributed by atoms with E-state index < -0.39 is 57.1 Å². The number of hydrogen-bond donors (Lipinski definition) is 4. The summed E-state index contributed by atoms with van der Waals surface area (Å²) in [7, 11) is -5.22. The van der Waals surface area contributed by atoms with E-state index in [-0.39, 0.29) is 16.9 Å². The van der Waals surface area contributed by atoms with E-state index in [9.17, 15) is 29.0 Å². The number of ether oxygens (including phenoxy) is 4. The van der Waals surface area contributed by atoms with Crippen LogP contribution in [0.4, 0.5) is 0 Å². The van der Waals surface area contributed by atoms with Crippen molar-refractivity contribution in [3.05, 3.63) is 77.4 Å². The van der Waals surface area contributed by atoms with Crippen molar-refractivity contribution >= 4 is 19.8 Å². The number of hydrogen-bond acceptors (Lipinski definition) is 10. The van der Waals surface area contributed by atoms with Gasteiger partial charge < -0.3 is 39.6 Å². The van der Waals surface area contributed by atoms with E-state index in [1.807, 2.05) is 0 Å². The van der Waals surface area contributed by atoms with Crippen LogP contribution in [0.5, 0.6) is 5.75 Å². The second-order valence-corrected chi connectivity index (χ2v) is 9.89. The van der Waals surface area contributed by atoms with E-state index in [1.165, 1.54) is 25.1 Å². The van der Waals surface area contributed by atoms with Crippen LogP contribution in [0.3, 0.4) is 0 Å². The number of aliphatic hydroxyl groups excluding tert-OH is 1. The summed E-state index contributed by atoms with van der Waals surface area (Å²) in [6.07, 6.45) is -6.01. The molecular weight excluding hydrogens is 533 g/mol. The zero-order chi connectivity index (χ0) is 28.6. The zero-order valence-electron chi connectivity index (χ0n) is 21.4. The molecule has 0 spiro atoms. The molecule has 0 radical (unpaired) electrons. The second-order valence-electron chi connectivity index (χ2n) is 8.70. The summed E-state index contributed by atoms with van der Waals surface area (Å²) in [5.41, 5.74) is 6.95. The lowest BCUT2D eigenvalue weighted by molar-refractivity contribution is -0.278. The maximum absolute atomic E-state index is 12.6. The average molecular weight is 566 g/mol. The summed E-state index contributed by atoms with van der Waals surface area (Å²) in [5, 5.41) is 11.0. The SMILES string of the molecule is C/C=C(\C)C(=O)OC1C(Oc2ccc(CCN)cc2)OC(COC(=O)c2ccccc2)C(O)C1OP(=O)(O)O. The van der Waals surface area contributed by atoms with Crippen LogP contribution in [0.1, 0.15) is 29.8 Å². The third-order valence-electron chi connectivity index (χ3n) is 5.87. The molecule has 0 bridgehead atoms. The number of allylic oxidation sites excluding steroid dienone is 1. The summed E-state index contributed by atoms with van der Waals surface area (Å²) in [6.45, 7) is 2.98. The van der Waals surface area contributed by atoms with E-state index in [4.69, 9.17) is 29.2 Å². The van der Waals surface area contributed by atoms with Crippen molar-refractivity contribution in [2.45, 2.75) is 51.0 Å². The lowest BCUT2D eigenvalue weighted by atomic mass is 9.99. The van der Waals surface area contributed by atoms with Gasteiger partial charge in [0.2, 0.25) is 6.29 Å². The minimum Gasteiger partial charge on any atom is -0.461 e. The highest BCUT2D eigenvalue weighted by Gasteiger charge is 2.52. The minimum atomic E-state index is -5.22. The Morgan fingerprint density at radius 1 is 1.08 bits per heavy atom. The Bertz CT molecular complexity index is 1180. The molecule has 0 saturated carbocycles. The van der Waals surface area contributed by atoms with Crippen molar-refractivity contribution < 1.29 is 52.5 Å². The maximum Gasteiger partial charge on any atom is 0.470 e. The number of rotatable bonds is 11. The lowest BCUT2D eigenvalue weighted by Crippen LogP contribution is -2.62. The first-order valence-corrected chi connectivity index (χ1v) is 13.6. The predicted molar refractivity (Wildman–Crippen MR) is 137 cm³/mol. The van der Waals surface area contributed by atoms with Gasteiger partial charge in [0.15, 0.2) is 6.10 Å². The monoisotopic (exact) mass is 565 g/mol. The predicted octanol–water partition coefficient (Wildman–Crippen LogP) is 1.87. The van der Waals surface area contributed by atoms with Crippen LogP contribution in [0, 0.1) is 0 Å². The third-order valence-corrected chi connectivity index (χ3v) is 6.39. The molecule has 3 rings (SSSR count). The number of carbonyl (C=O) groups excluding carboxylic acids is 2. The number of phosphoric ester groups is 1. The molecule has 2 aromatic rings. The molecule has 12 nitrogen and oxygen atoms in total. The van der Waals surface area contributed by atoms with Gasteiger partial charge in [-0.05, 0) is 56.6 Å². The molecule has 5 unspecified atom stereocenters. The highest BCUT2D eigenvalue weighted by Crippen LogP contribution is 2.42. The van der Waals surface area contributed by atoms with Crippen molar-refractivity contribution in [3.63, 3.8) is 0 Å². The fraction of sp³-hybridized carbons (Fsp3) is 0.385. The van der Waals surface area contributed by atoms with Gasteiger partial charge in [-0.15, -0.1) is 0 Å². The molecule has 0 amide bonds. The summed E-state index contributed by atoms with van der Waals surface area (Å²) < 4.78 is 39.1. The van der Waals surface area contributed by atoms with E-state index in [1.54, 1.807) is 49.4 Å². The van der Waals surface area contributed by atoms with E-state index in [0.717, 1.165) is 5.56 Å².